The van der Waals surface area contributed by atoms with Crippen LogP contribution in [0.15, 0.2) is 41.5 Å². The van der Waals surface area contributed by atoms with Crippen LogP contribution in [0.1, 0.15) is 60.3 Å². The SMILES string of the molecule is Cc1nn(C2=CC=CC(CCC3C=CC(Cl)=CC3)C2)c(C)c1C(=O)N1CCC(N2CCOCC2)CC1. The van der Waals surface area contributed by atoms with Gasteiger partial charge in [0.1, 0.15) is 0 Å². The highest BCUT2D eigenvalue weighted by Crippen LogP contribution is 2.32. The molecule has 0 saturated carbocycles. The van der Waals surface area contributed by atoms with Crippen LogP contribution in [0.2, 0.25) is 0 Å². The number of morpholine rings is 1. The summed E-state index contributed by atoms with van der Waals surface area (Å²) in [5.74, 6) is 1.19. The summed E-state index contributed by atoms with van der Waals surface area (Å²) in [6, 6.07) is 0.566. The van der Waals surface area contributed by atoms with Crippen molar-refractivity contribution in [3.8, 4) is 0 Å². The third kappa shape index (κ3) is 5.71. The van der Waals surface area contributed by atoms with E-state index in [2.05, 4.69) is 35.3 Å². The van der Waals surface area contributed by atoms with Crippen molar-refractivity contribution in [2.45, 2.75) is 58.4 Å². The number of amides is 1. The normalized spacial score (nSPS) is 25.7. The van der Waals surface area contributed by atoms with Crippen molar-refractivity contribution >= 4 is 23.2 Å². The van der Waals surface area contributed by atoms with Crippen molar-refractivity contribution in [3.05, 3.63) is 58.4 Å². The van der Waals surface area contributed by atoms with E-state index in [1.165, 1.54) is 5.70 Å². The Morgan fingerprint density at radius 3 is 2.56 bits per heavy atom. The third-order valence-electron chi connectivity index (χ3n) is 8.29. The molecule has 1 aromatic rings. The minimum Gasteiger partial charge on any atom is -0.379 e. The Morgan fingerprint density at radius 1 is 1.08 bits per heavy atom. The number of nitrogens with zero attached hydrogens (tertiary/aromatic N) is 4. The Hall–Kier alpha value is -2.15. The summed E-state index contributed by atoms with van der Waals surface area (Å²) >= 11 is 6.07. The number of hydrogen-bond donors (Lipinski definition) is 0. The highest BCUT2D eigenvalue weighted by atomic mass is 35.5. The van der Waals surface area contributed by atoms with Gasteiger partial charge in [-0.15, -0.1) is 0 Å². The monoisotopic (exact) mass is 510 g/mol. The maximum atomic E-state index is 13.6. The van der Waals surface area contributed by atoms with E-state index in [0.29, 0.717) is 17.9 Å². The minimum absolute atomic E-state index is 0.135. The molecule has 0 aromatic carbocycles. The minimum atomic E-state index is 0.135. The van der Waals surface area contributed by atoms with Gasteiger partial charge in [0, 0.05) is 43.0 Å². The fraction of sp³-hybridized carbons (Fsp3) is 0.586. The summed E-state index contributed by atoms with van der Waals surface area (Å²) in [5.41, 5.74) is 3.75. The molecule has 194 valence electrons. The van der Waals surface area contributed by atoms with Crippen molar-refractivity contribution in [1.82, 2.24) is 19.6 Å². The molecule has 0 spiro atoms. The fourth-order valence-corrected chi connectivity index (χ4v) is 6.29. The van der Waals surface area contributed by atoms with Gasteiger partial charge in [-0.05, 0) is 76.4 Å². The van der Waals surface area contributed by atoms with Crippen LogP contribution in [0.25, 0.3) is 5.70 Å². The predicted molar refractivity (Wildman–Crippen MR) is 145 cm³/mol. The smallest absolute Gasteiger partial charge is 0.257 e. The van der Waals surface area contributed by atoms with Crippen LogP contribution in [0.3, 0.4) is 0 Å². The Balaban J connectivity index is 1.19. The zero-order valence-corrected chi connectivity index (χ0v) is 22.4. The molecule has 2 saturated heterocycles. The lowest BCUT2D eigenvalue weighted by Crippen LogP contribution is -2.50. The van der Waals surface area contributed by atoms with Crippen LogP contribution >= 0.6 is 11.6 Å². The molecule has 2 fully saturated rings. The van der Waals surface area contributed by atoms with Crippen molar-refractivity contribution in [1.29, 1.82) is 0 Å². The highest BCUT2D eigenvalue weighted by molar-refractivity contribution is 6.31. The maximum Gasteiger partial charge on any atom is 0.257 e. The molecule has 2 unspecified atom stereocenters. The van der Waals surface area contributed by atoms with Gasteiger partial charge in [0.2, 0.25) is 0 Å². The number of aryl methyl sites for hydroxylation is 1. The molecule has 5 rings (SSSR count). The standard InChI is InChI=1S/C29H39ClN4O2/c1-21-28(29(35)33-14-12-26(13-15-33)32-16-18-36-19-17-32)22(2)34(31-21)27-5-3-4-24(20-27)7-6-23-8-10-25(30)11-9-23/h3-5,8,10-11,23-24,26H,6-7,9,12-20H2,1-2H3. The van der Waals surface area contributed by atoms with Crippen molar-refractivity contribution in [2.75, 3.05) is 39.4 Å². The van der Waals surface area contributed by atoms with Crippen molar-refractivity contribution in [2.24, 2.45) is 11.8 Å². The average Bonchev–Trinajstić information content (AvgIpc) is 3.22. The molecule has 2 aliphatic heterocycles. The molecule has 7 heteroatoms. The van der Waals surface area contributed by atoms with Crippen LogP contribution in [0, 0.1) is 25.7 Å². The topological polar surface area (TPSA) is 50.6 Å². The van der Waals surface area contributed by atoms with E-state index >= 15 is 0 Å². The van der Waals surface area contributed by atoms with E-state index < -0.39 is 0 Å². The van der Waals surface area contributed by atoms with Gasteiger partial charge >= 0.3 is 0 Å². The van der Waals surface area contributed by atoms with Gasteiger partial charge in [0.05, 0.1) is 30.2 Å². The van der Waals surface area contributed by atoms with Crippen LogP contribution in [-0.4, -0.2) is 70.9 Å². The lowest BCUT2D eigenvalue weighted by Gasteiger charge is -2.40. The number of rotatable bonds is 6. The summed E-state index contributed by atoms with van der Waals surface area (Å²) in [6.07, 6.45) is 19.4. The molecule has 6 nitrogen and oxygen atoms in total. The summed E-state index contributed by atoms with van der Waals surface area (Å²) < 4.78 is 7.52. The molecule has 36 heavy (non-hydrogen) atoms. The largest absolute Gasteiger partial charge is 0.379 e. The number of piperidine rings is 1. The van der Waals surface area contributed by atoms with Crippen LogP contribution in [-0.2, 0) is 4.74 Å². The van der Waals surface area contributed by atoms with E-state index in [-0.39, 0.29) is 5.91 Å². The Labute approximate surface area is 220 Å². The third-order valence-corrected chi connectivity index (χ3v) is 8.57. The van der Waals surface area contributed by atoms with Crippen molar-refractivity contribution in [3.63, 3.8) is 0 Å². The van der Waals surface area contributed by atoms with E-state index in [9.17, 15) is 4.79 Å². The Morgan fingerprint density at radius 2 is 1.83 bits per heavy atom. The number of likely N-dealkylation sites (tertiary alicyclic amines) is 1. The molecule has 1 aromatic heterocycles. The van der Waals surface area contributed by atoms with E-state index in [1.54, 1.807) is 0 Å². The molecule has 1 amide bonds. The number of halogens is 1. The number of carbonyl (C=O) groups excluding carboxylic acids is 1. The summed E-state index contributed by atoms with van der Waals surface area (Å²) in [7, 11) is 0. The van der Waals surface area contributed by atoms with Crippen LogP contribution < -0.4 is 0 Å². The zero-order valence-electron chi connectivity index (χ0n) is 21.7. The first-order valence-corrected chi connectivity index (χ1v) is 14.0. The number of hydrogen-bond acceptors (Lipinski definition) is 4. The second-order valence-corrected chi connectivity index (χ2v) is 11.1. The molecular formula is C29H39ClN4O2. The summed E-state index contributed by atoms with van der Waals surface area (Å²) in [5, 5.41) is 5.69. The molecule has 4 aliphatic rings. The van der Waals surface area contributed by atoms with Crippen LogP contribution in [0.5, 0.6) is 0 Å². The Kier molecular flexibility index (Phi) is 8.14. The van der Waals surface area contributed by atoms with Gasteiger partial charge in [-0.25, -0.2) is 4.68 Å². The molecular weight excluding hydrogens is 472 g/mol. The molecule has 2 aliphatic carbocycles. The molecule has 3 heterocycles. The van der Waals surface area contributed by atoms with Gasteiger partial charge in [0.15, 0.2) is 0 Å². The quantitative estimate of drug-likeness (QED) is 0.519. The predicted octanol–water partition coefficient (Wildman–Crippen LogP) is 5.33. The lowest BCUT2D eigenvalue weighted by molar-refractivity contribution is 0.00157. The van der Waals surface area contributed by atoms with E-state index in [4.69, 9.17) is 21.4 Å². The average molecular weight is 511 g/mol. The summed E-state index contributed by atoms with van der Waals surface area (Å²) in [6.45, 7) is 9.32. The molecule has 0 bridgehead atoms. The van der Waals surface area contributed by atoms with Crippen LogP contribution in [0.4, 0.5) is 0 Å². The van der Waals surface area contributed by atoms with Gasteiger partial charge in [-0.2, -0.15) is 5.10 Å². The summed E-state index contributed by atoms with van der Waals surface area (Å²) in [4.78, 5) is 18.1. The van der Waals surface area contributed by atoms with Gasteiger partial charge in [0.25, 0.3) is 5.91 Å². The molecule has 0 N–H and O–H groups in total. The number of ether oxygens (including phenoxy) is 1. The maximum absolute atomic E-state index is 13.6. The van der Waals surface area contributed by atoms with Gasteiger partial charge in [-0.1, -0.05) is 35.9 Å². The number of aromatic nitrogens is 2. The van der Waals surface area contributed by atoms with E-state index in [1.807, 2.05) is 29.5 Å². The lowest BCUT2D eigenvalue weighted by atomic mass is 9.87. The fourth-order valence-electron chi connectivity index (χ4n) is 6.13. The first-order chi connectivity index (χ1) is 17.5. The van der Waals surface area contributed by atoms with Gasteiger partial charge in [-0.3, -0.25) is 9.69 Å². The van der Waals surface area contributed by atoms with Gasteiger partial charge < -0.3 is 9.64 Å². The van der Waals surface area contributed by atoms with Crippen molar-refractivity contribution < 1.29 is 9.53 Å². The Bertz CT molecular complexity index is 1070. The first kappa shape index (κ1) is 25.5. The molecule has 2 atom stereocenters. The highest BCUT2D eigenvalue weighted by Gasteiger charge is 2.31. The molecule has 0 radical (unpaired) electrons. The second-order valence-electron chi connectivity index (χ2n) is 10.7. The number of allylic oxidation sites excluding steroid dienone is 8. The van der Waals surface area contributed by atoms with E-state index in [0.717, 1.165) is 99.9 Å². The zero-order chi connectivity index (χ0) is 25.1. The number of carbonyl (C=O) groups is 1. The second kappa shape index (κ2) is 11.5. The first-order valence-electron chi connectivity index (χ1n) is 13.6.